The molecule has 0 fully saturated rings. The van der Waals surface area contributed by atoms with Crippen LogP contribution in [0.1, 0.15) is 10.4 Å². The molecule has 0 radical (unpaired) electrons. The summed E-state index contributed by atoms with van der Waals surface area (Å²) in [5, 5.41) is 2.53. The minimum Gasteiger partial charge on any atom is -0.497 e. The maximum Gasteiger partial charge on any atom is 0.255 e. The fourth-order valence-corrected chi connectivity index (χ4v) is 1.79. The van der Waals surface area contributed by atoms with Crippen LogP contribution in [0.2, 0.25) is 0 Å². The average Bonchev–Trinajstić information content (AvgIpc) is 2.46. The van der Waals surface area contributed by atoms with E-state index in [9.17, 15) is 13.6 Å². The number of anilines is 1. The first-order chi connectivity index (χ1) is 10.0. The molecule has 1 N–H and O–H groups in total. The highest BCUT2D eigenvalue weighted by molar-refractivity contribution is 6.05. The number of halogens is 2. The molecular formula is C15H13F2NO3. The molecule has 0 aliphatic heterocycles. The second kappa shape index (κ2) is 6.21. The van der Waals surface area contributed by atoms with Crippen molar-refractivity contribution in [2.75, 3.05) is 19.5 Å². The van der Waals surface area contributed by atoms with Crippen molar-refractivity contribution in [3.05, 3.63) is 53.6 Å². The molecule has 0 aromatic heterocycles. The summed E-state index contributed by atoms with van der Waals surface area (Å²) < 4.78 is 36.4. The summed E-state index contributed by atoms with van der Waals surface area (Å²) in [4.78, 5) is 12.0. The van der Waals surface area contributed by atoms with Crippen molar-refractivity contribution in [2.45, 2.75) is 0 Å². The predicted molar refractivity (Wildman–Crippen MR) is 73.9 cm³/mol. The summed E-state index contributed by atoms with van der Waals surface area (Å²) in [6.07, 6.45) is 0. The lowest BCUT2D eigenvalue weighted by Gasteiger charge is -2.12. The Morgan fingerprint density at radius 2 is 1.67 bits per heavy atom. The Hall–Kier alpha value is -2.63. The maximum atomic E-state index is 13.1. The van der Waals surface area contributed by atoms with Crippen LogP contribution in [0.4, 0.5) is 14.5 Å². The zero-order valence-corrected chi connectivity index (χ0v) is 11.4. The van der Waals surface area contributed by atoms with Gasteiger partial charge in [-0.2, -0.15) is 0 Å². The van der Waals surface area contributed by atoms with Gasteiger partial charge in [-0.1, -0.05) is 0 Å². The van der Waals surface area contributed by atoms with Crippen molar-refractivity contribution >= 4 is 11.6 Å². The molecule has 21 heavy (non-hydrogen) atoms. The van der Waals surface area contributed by atoms with E-state index < -0.39 is 17.5 Å². The summed E-state index contributed by atoms with van der Waals surface area (Å²) in [5.74, 6) is -1.38. The number of amides is 1. The molecule has 2 aromatic carbocycles. The standard InChI is InChI=1S/C15H13F2NO3/c1-20-12-3-4-14(21-2)13(8-12)18-15(19)9-5-10(16)7-11(17)6-9/h3-8H,1-2H3,(H,18,19). The van der Waals surface area contributed by atoms with E-state index in [-0.39, 0.29) is 5.56 Å². The van der Waals surface area contributed by atoms with Gasteiger partial charge >= 0.3 is 0 Å². The van der Waals surface area contributed by atoms with E-state index in [0.717, 1.165) is 12.1 Å². The fourth-order valence-electron chi connectivity index (χ4n) is 1.79. The monoisotopic (exact) mass is 293 g/mol. The van der Waals surface area contributed by atoms with E-state index in [1.165, 1.54) is 14.2 Å². The van der Waals surface area contributed by atoms with Crippen molar-refractivity contribution in [3.8, 4) is 11.5 Å². The van der Waals surface area contributed by atoms with Crippen molar-refractivity contribution in [1.29, 1.82) is 0 Å². The van der Waals surface area contributed by atoms with Gasteiger partial charge in [0.1, 0.15) is 23.1 Å². The largest absolute Gasteiger partial charge is 0.497 e. The van der Waals surface area contributed by atoms with Gasteiger partial charge in [0, 0.05) is 17.7 Å². The third-order valence-corrected chi connectivity index (χ3v) is 2.78. The Morgan fingerprint density at radius 1 is 1.00 bits per heavy atom. The topological polar surface area (TPSA) is 47.6 Å². The second-order valence-corrected chi connectivity index (χ2v) is 4.18. The quantitative estimate of drug-likeness (QED) is 0.941. The molecule has 0 bridgehead atoms. The van der Waals surface area contributed by atoms with Crippen molar-refractivity contribution < 1.29 is 23.0 Å². The van der Waals surface area contributed by atoms with E-state index in [2.05, 4.69) is 5.32 Å². The van der Waals surface area contributed by atoms with Gasteiger partial charge in [0.15, 0.2) is 0 Å². The Balaban J connectivity index is 2.30. The van der Waals surface area contributed by atoms with Crippen molar-refractivity contribution in [1.82, 2.24) is 0 Å². The minimum absolute atomic E-state index is 0.127. The lowest BCUT2D eigenvalue weighted by atomic mass is 10.2. The van der Waals surface area contributed by atoms with E-state index in [4.69, 9.17) is 9.47 Å². The van der Waals surface area contributed by atoms with Crippen molar-refractivity contribution in [3.63, 3.8) is 0 Å². The molecule has 0 aliphatic rings. The van der Waals surface area contributed by atoms with E-state index >= 15 is 0 Å². The normalized spacial score (nSPS) is 10.1. The molecule has 0 unspecified atom stereocenters. The average molecular weight is 293 g/mol. The number of carbonyl (C=O) groups is 1. The Bertz CT molecular complexity index is 654. The zero-order valence-electron chi connectivity index (χ0n) is 11.4. The number of methoxy groups -OCH3 is 2. The molecule has 2 rings (SSSR count). The van der Waals surface area contributed by atoms with Crippen LogP contribution < -0.4 is 14.8 Å². The third-order valence-electron chi connectivity index (χ3n) is 2.78. The first-order valence-corrected chi connectivity index (χ1v) is 6.03. The molecule has 0 saturated heterocycles. The SMILES string of the molecule is COc1ccc(OC)c(NC(=O)c2cc(F)cc(F)c2)c1. The van der Waals surface area contributed by atoms with Gasteiger partial charge in [-0.25, -0.2) is 8.78 Å². The predicted octanol–water partition coefficient (Wildman–Crippen LogP) is 3.23. The zero-order chi connectivity index (χ0) is 15.4. The van der Waals surface area contributed by atoms with Gasteiger partial charge in [-0.05, 0) is 24.3 Å². The molecular weight excluding hydrogens is 280 g/mol. The lowest BCUT2D eigenvalue weighted by Crippen LogP contribution is -2.13. The van der Waals surface area contributed by atoms with Gasteiger partial charge < -0.3 is 14.8 Å². The number of benzene rings is 2. The minimum atomic E-state index is -0.822. The van der Waals surface area contributed by atoms with E-state index in [0.29, 0.717) is 23.3 Å². The number of ether oxygens (including phenoxy) is 2. The van der Waals surface area contributed by atoms with Crippen LogP contribution >= 0.6 is 0 Å². The highest BCUT2D eigenvalue weighted by Crippen LogP contribution is 2.29. The molecule has 0 spiro atoms. The number of hydrogen-bond acceptors (Lipinski definition) is 3. The molecule has 0 atom stereocenters. The molecule has 6 heteroatoms. The summed E-state index contributed by atoms with van der Waals surface area (Å²) in [7, 11) is 2.93. The van der Waals surface area contributed by atoms with E-state index in [1.807, 2.05) is 0 Å². The smallest absolute Gasteiger partial charge is 0.255 e. The highest BCUT2D eigenvalue weighted by atomic mass is 19.1. The number of hydrogen-bond donors (Lipinski definition) is 1. The molecule has 0 aliphatic carbocycles. The Morgan fingerprint density at radius 3 is 2.24 bits per heavy atom. The van der Waals surface area contributed by atoms with Gasteiger partial charge in [0.2, 0.25) is 0 Å². The van der Waals surface area contributed by atoms with Crippen LogP contribution in [0, 0.1) is 11.6 Å². The lowest BCUT2D eigenvalue weighted by molar-refractivity contribution is 0.102. The van der Waals surface area contributed by atoms with Crippen LogP contribution in [0.15, 0.2) is 36.4 Å². The summed E-state index contributed by atoms with van der Waals surface area (Å²) in [5.41, 5.74) is 0.212. The molecule has 110 valence electrons. The van der Waals surface area contributed by atoms with Gasteiger partial charge in [-0.3, -0.25) is 4.79 Å². The molecule has 0 saturated carbocycles. The van der Waals surface area contributed by atoms with Crippen LogP contribution in [0.3, 0.4) is 0 Å². The number of nitrogens with one attached hydrogen (secondary N) is 1. The van der Waals surface area contributed by atoms with Gasteiger partial charge in [-0.15, -0.1) is 0 Å². The third kappa shape index (κ3) is 3.47. The molecule has 0 heterocycles. The number of carbonyl (C=O) groups excluding carboxylic acids is 1. The first-order valence-electron chi connectivity index (χ1n) is 6.03. The van der Waals surface area contributed by atoms with Crippen molar-refractivity contribution in [2.24, 2.45) is 0 Å². The maximum absolute atomic E-state index is 13.1. The Labute approximate surface area is 120 Å². The Kier molecular flexibility index (Phi) is 4.37. The molecule has 2 aromatic rings. The first kappa shape index (κ1) is 14.8. The highest BCUT2D eigenvalue weighted by Gasteiger charge is 2.13. The summed E-state index contributed by atoms with van der Waals surface area (Å²) in [6.45, 7) is 0. The van der Waals surface area contributed by atoms with Crippen LogP contribution in [0.25, 0.3) is 0 Å². The van der Waals surface area contributed by atoms with Gasteiger partial charge in [0.05, 0.1) is 19.9 Å². The van der Waals surface area contributed by atoms with Crippen LogP contribution in [-0.4, -0.2) is 20.1 Å². The molecule has 1 amide bonds. The van der Waals surface area contributed by atoms with E-state index in [1.54, 1.807) is 18.2 Å². The molecule has 4 nitrogen and oxygen atoms in total. The summed E-state index contributed by atoms with van der Waals surface area (Å²) >= 11 is 0. The fraction of sp³-hybridized carbons (Fsp3) is 0.133. The summed E-state index contributed by atoms with van der Waals surface area (Å²) in [6, 6.07) is 7.42. The van der Waals surface area contributed by atoms with Crippen LogP contribution in [-0.2, 0) is 0 Å². The van der Waals surface area contributed by atoms with Crippen LogP contribution in [0.5, 0.6) is 11.5 Å². The second-order valence-electron chi connectivity index (χ2n) is 4.18. The number of rotatable bonds is 4. The van der Waals surface area contributed by atoms with Gasteiger partial charge in [0.25, 0.3) is 5.91 Å².